The first-order valence-corrected chi connectivity index (χ1v) is 6.49. The summed E-state index contributed by atoms with van der Waals surface area (Å²) in [4.78, 5) is 27.9. The Morgan fingerprint density at radius 2 is 1.24 bits per heavy atom. The van der Waals surface area contributed by atoms with Gasteiger partial charge in [0.2, 0.25) is 12.2 Å². The van der Waals surface area contributed by atoms with Crippen molar-refractivity contribution in [3.8, 4) is 0 Å². The Labute approximate surface area is 122 Å². The second kappa shape index (κ2) is 6.58. The summed E-state index contributed by atoms with van der Waals surface area (Å²) < 4.78 is 0. The minimum absolute atomic E-state index is 0.639. The first-order valence-electron chi connectivity index (χ1n) is 6.49. The molecule has 0 aliphatic carbocycles. The zero-order valence-corrected chi connectivity index (χ0v) is 11.9. The number of hydrogen-bond donors (Lipinski definition) is 0. The molecule has 0 N–H and O–H groups in total. The van der Waals surface area contributed by atoms with Gasteiger partial charge in [-0.15, -0.1) is 0 Å². The molecule has 0 aliphatic rings. The number of hydrogen-bond acceptors (Lipinski definition) is 4. The minimum atomic E-state index is 0.639. The minimum Gasteiger partial charge on any atom is -0.211 e. The van der Waals surface area contributed by atoms with Crippen LogP contribution < -0.4 is 0 Å². The van der Waals surface area contributed by atoms with Crippen molar-refractivity contribution < 1.29 is 9.59 Å². The van der Waals surface area contributed by atoms with Crippen molar-refractivity contribution in [1.29, 1.82) is 0 Å². The van der Waals surface area contributed by atoms with E-state index in [1.165, 1.54) is 0 Å². The molecule has 0 bridgehead atoms. The summed E-state index contributed by atoms with van der Waals surface area (Å²) in [6.45, 7) is 3.82. The van der Waals surface area contributed by atoms with Gasteiger partial charge in [-0.2, -0.15) is 9.98 Å². The van der Waals surface area contributed by atoms with Crippen LogP contribution in [0, 0.1) is 13.8 Å². The maximum Gasteiger partial charge on any atom is 0.240 e. The molecular formula is C17H14N2O2. The van der Waals surface area contributed by atoms with Crippen LogP contribution in [0.5, 0.6) is 0 Å². The maximum atomic E-state index is 10.3. The van der Waals surface area contributed by atoms with Crippen LogP contribution in [0.1, 0.15) is 22.3 Å². The van der Waals surface area contributed by atoms with Gasteiger partial charge in [-0.25, -0.2) is 9.59 Å². The second-order valence-corrected chi connectivity index (χ2v) is 4.82. The van der Waals surface area contributed by atoms with Crippen LogP contribution in [0.3, 0.4) is 0 Å². The van der Waals surface area contributed by atoms with E-state index in [1.807, 2.05) is 50.2 Å². The van der Waals surface area contributed by atoms with Crippen molar-refractivity contribution in [3.05, 3.63) is 58.7 Å². The van der Waals surface area contributed by atoms with E-state index >= 15 is 0 Å². The molecule has 0 atom stereocenters. The fraction of sp³-hybridized carbons (Fsp3) is 0.176. The van der Waals surface area contributed by atoms with E-state index in [0.717, 1.165) is 28.7 Å². The van der Waals surface area contributed by atoms with Gasteiger partial charge in [-0.05, 0) is 54.7 Å². The van der Waals surface area contributed by atoms with Gasteiger partial charge in [0.25, 0.3) is 0 Å². The monoisotopic (exact) mass is 278 g/mol. The van der Waals surface area contributed by atoms with Crippen LogP contribution in [-0.4, -0.2) is 12.2 Å². The van der Waals surface area contributed by atoms with Crippen molar-refractivity contribution >= 4 is 23.5 Å². The van der Waals surface area contributed by atoms with Crippen molar-refractivity contribution in [2.24, 2.45) is 9.98 Å². The van der Waals surface area contributed by atoms with Gasteiger partial charge in [0.15, 0.2) is 0 Å². The number of nitrogens with zero attached hydrogens (tertiary/aromatic N) is 2. The number of rotatable bonds is 4. The Morgan fingerprint density at radius 3 is 1.57 bits per heavy atom. The molecule has 21 heavy (non-hydrogen) atoms. The number of aliphatic imine (C=N–C) groups is 2. The van der Waals surface area contributed by atoms with E-state index in [0.29, 0.717) is 11.4 Å². The molecule has 0 fully saturated rings. The van der Waals surface area contributed by atoms with Crippen molar-refractivity contribution in [2.45, 2.75) is 20.3 Å². The fourth-order valence-corrected chi connectivity index (χ4v) is 2.24. The van der Waals surface area contributed by atoms with Gasteiger partial charge < -0.3 is 0 Å². The van der Waals surface area contributed by atoms with E-state index < -0.39 is 0 Å². The molecule has 2 rings (SSSR count). The SMILES string of the molecule is Cc1cc(Cc2ccc(N=C=O)c(C)c2)ccc1N=C=O. The number of carbonyl (C=O) groups excluding carboxylic acids is 2. The molecule has 0 heterocycles. The summed E-state index contributed by atoms with van der Waals surface area (Å²) in [7, 11) is 0. The van der Waals surface area contributed by atoms with Crippen LogP contribution in [0.2, 0.25) is 0 Å². The predicted octanol–water partition coefficient (Wildman–Crippen LogP) is 3.83. The smallest absolute Gasteiger partial charge is 0.211 e. The third-order valence-electron chi connectivity index (χ3n) is 3.26. The average Bonchev–Trinajstić information content (AvgIpc) is 2.45. The lowest BCUT2D eigenvalue weighted by Crippen LogP contribution is -1.90. The van der Waals surface area contributed by atoms with Crippen LogP contribution in [0.25, 0.3) is 0 Å². The van der Waals surface area contributed by atoms with Crippen molar-refractivity contribution in [3.63, 3.8) is 0 Å². The Hall–Kier alpha value is -2.80. The lowest BCUT2D eigenvalue weighted by atomic mass is 10.0. The number of isocyanates is 2. The number of aryl methyl sites for hydroxylation is 2. The molecule has 104 valence electrons. The third-order valence-corrected chi connectivity index (χ3v) is 3.26. The summed E-state index contributed by atoms with van der Waals surface area (Å²) in [6.07, 6.45) is 3.87. The highest BCUT2D eigenvalue weighted by Gasteiger charge is 2.03. The maximum absolute atomic E-state index is 10.3. The molecule has 0 radical (unpaired) electrons. The summed E-state index contributed by atoms with van der Waals surface area (Å²) >= 11 is 0. The van der Waals surface area contributed by atoms with Crippen molar-refractivity contribution in [1.82, 2.24) is 0 Å². The molecular weight excluding hydrogens is 264 g/mol. The number of benzene rings is 2. The highest BCUT2D eigenvalue weighted by atomic mass is 16.1. The van der Waals surface area contributed by atoms with Gasteiger partial charge in [0, 0.05) is 0 Å². The van der Waals surface area contributed by atoms with Crippen molar-refractivity contribution in [2.75, 3.05) is 0 Å². The predicted molar refractivity (Wildman–Crippen MR) is 80.7 cm³/mol. The van der Waals surface area contributed by atoms with E-state index in [4.69, 9.17) is 0 Å². The normalized spacial score (nSPS) is 9.62. The molecule has 2 aromatic carbocycles. The lowest BCUT2D eigenvalue weighted by Gasteiger charge is -2.07. The standard InChI is InChI=1S/C17H14N2O2/c1-12-7-14(3-5-16(12)18-10-20)9-15-4-6-17(19-11-21)13(2)8-15/h3-8H,9H2,1-2H3. The Morgan fingerprint density at radius 1 is 0.810 bits per heavy atom. The molecule has 0 aliphatic heterocycles. The molecule has 0 saturated heterocycles. The van der Waals surface area contributed by atoms with E-state index in [-0.39, 0.29) is 0 Å². The third kappa shape index (κ3) is 3.61. The highest BCUT2D eigenvalue weighted by Crippen LogP contribution is 2.23. The Balaban J connectivity index is 2.26. The van der Waals surface area contributed by atoms with Gasteiger partial charge in [0.1, 0.15) is 0 Å². The first-order chi connectivity index (χ1) is 10.1. The van der Waals surface area contributed by atoms with E-state index in [9.17, 15) is 9.59 Å². The average molecular weight is 278 g/mol. The molecule has 2 aromatic rings. The first kappa shape index (κ1) is 14.6. The lowest BCUT2D eigenvalue weighted by molar-refractivity contribution is 0.564. The van der Waals surface area contributed by atoms with Crippen LogP contribution in [0.4, 0.5) is 11.4 Å². The molecule has 4 heteroatoms. The quantitative estimate of drug-likeness (QED) is 0.630. The van der Waals surface area contributed by atoms with Gasteiger partial charge in [0.05, 0.1) is 11.4 Å². The molecule has 0 spiro atoms. The Bertz CT molecular complexity index is 703. The van der Waals surface area contributed by atoms with E-state index in [1.54, 1.807) is 12.2 Å². The van der Waals surface area contributed by atoms with Gasteiger partial charge in [-0.1, -0.05) is 24.3 Å². The van der Waals surface area contributed by atoms with Gasteiger partial charge >= 0.3 is 0 Å². The fourth-order valence-electron chi connectivity index (χ4n) is 2.24. The molecule has 4 nitrogen and oxygen atoms in total. The zero-order chi connectivity index (χ0) is 15.2. The van der Waals surface area contributed by atoms with Gasteiger partial charge in [-0.3, -0.25) is 0 Å². The summed E-state index contributed by atoms with van der Waals surface area (Å²) in [6, 6.07) is 11.5. The topological polar surface area (TPSA) is 58.9 Å². The largest absolute Gasteiger partial charge is 0.240 e. The summed E-state index contributed by atoms with van der Waals surface area (Å²) in [5.41, 5.74) is 5.41. The summed E-state index contributed by atoms with van der Waals surface area (Å²) in [5.74, 6) is 0. The second-order valence-electron chi connectivity index (χ2n) is 4.82. The van der Waals surface area contributed by atoms with Crippen LogP contribution in [0.15, 0.2) is 46.4 Å². The van der Waals surface area contributed by atoms with E-state index in [2.05, 4.69) is 9.98 Å². The zero-order valence-electron chi connectivity index (χ0n) is 11.9. The Kier molecular flexibility index (Phi) is 4.57. The molecule has 0 aromatic heterocycles. The summed E-state index contributed by atoms with van der Waals surface area (Å²) in [5, 5.41) is 0. The molecule has 0 saturated carbocycles. The van der Waals surface area contributed by atoms with Crippen LogP contribution >= 0.6 is 0 Å². The molecule has 0 unspecified atom stereocenters. The molecule has 0 amide bonds. The van der Waals surface area contributed by atoms with Crippen LogP contribution in [-0.2, 0) is 16.0 Å². The highest BCUT2D eigenvalue weighted by molar-refractivity contribution is 5.56.